The second-order valence-corrected chi connectivity index (χ2v) is 7.34. The molecule has 3 heterocycles. The topological polar surface area (TPSA) is 102 Å². The molecule has 152 valence electrons. The molecule has 0 radical (unpaired) electrons. The molecule has 3 aromatic heterocycles. The normalized spacial score (nSPS) is 11.9. The molecule has 0 unspecified atom stereocenters. The highest BCUT2D eigenvalue weighted by atomic mass is 19.4. The number of aromatic nitrogens is 4. The lowest BCUT2D eigenvalue weighted by atomic mass is 10.1. The van der Waals surface area contributed by atoms with Gasteiger partial charge in [0.25, 0.3) is 0 Å². The van der Waals surface area contributed by atoms with Crippen LogP contribution in [0.2, 0.25) is 0 Å². The monoisotopic (exact) mass is 403 g/mol. The maximum Gasteiger partial charge on any atom is 0.433 e. The molecule has 0 saturated heterocycles. The maximum atomic E-state index is 12.9. The van der Waals surface area contributed by atoms with E-state index < -0.39 is 11.9 Å². The smallest absolute Gasteiger partial charge is 0.384 e. The molecule has 0 spiro atoms. The summed E-state index contributed by atoms with van der Waals surface area (Å²) in [4.78, 5) is 16.4. The molecule has 7 nitrogen and oxygen atoms in total. The molecule has 0 fully saturated rings. The lowest BCUT2D eigenvalue weighted by molar-refractivity contribution is -0.141. The zero-order valence-electron chi connectivity index (χ0n) is 16.0. The average Bonchev–Trinajstić information content (AvgIpc) is 2.59. The van der Waals surface area contributed by atoms with Gasteiger partial charge in [-0.15, -0.1) is 0 Å². The molecular formula is C19H20F3N7. The number of hydrogen-bond donors (Lipinski definition) is 3. The first kappa shape index (κ1) is 20.3. The Balaban J connectivity index is 2.01. The molecule has 0 aliphatic carbocycles. The zero-order valence-corrected chi connectivity index (χ0v) is 16.0. The minimum Gasteiger partial charge on any atom is -0.384 e. The standard InChI is InChI=1S/C19H20F3N7/c1-18(2,3)29-16-10-15(25-11-7-8-24-13(9-11)19(20,21)22)27-17(28-16)12-5-4-6-14(23)26-12/h4-10H,1-3H3,(H2,23,26)(H2,24,25,27,28,29). The Hall–Kier alpha value is -3.43. The van der Waals surface area contributed by atoms with Crippen LogP contribution in [0.25, 0.3) is 11.5 Å². The number of nitrogen functional groups attached to an aromatic ring is 1. The number of alkyl halides is 3. The molecule has 3 aromatic rings. The molecule has 29 heavy (non-hydrogen) atoms. The average molecular weight is 403 g/mol. The van der Waals surface area contributed by atoms with Gasteiger partial charge in [-0.3, -0.25) is 4.98 Å². The van der Waals surface area contributed by atoms with Gasteiger partial charge < -0.3 is 16.4 Å². The van der Waals surface area contributed by atoms with Gasteiger partial charge >= 0.3 is 6.18 Å². The minimum absolute atomic E-state index is 0.194. The number of rotatable bonds is 4. The van der Waals surface area contributed by atoms with E-state index in [1.807, 2.05) is 20.8 Å². The molecule has 0 saturated carbocycles. The summed E-state index contributed by atoms with van der Waals surface area (Å²) in [6.45, 7) is 5.87. The Bertz CT molecular complexity index is 1010. The molecule has 10 heteroatoms. The van der Waals surface area contributed by atoms with E-state index in [4.69, 9.17) is 5.73 Å². The summed E-state index contributed by atoms with van der Waals surface area (Å²) in [5.41, 5.74) is 5.08. The zero-order chi connectivity index (χ0) is 21.2. The summed E-state index contributed by atoms with van der Waals surface area (Å²) in [5.74, 6) is 1.36. The van der Waals surface area contributed by atoms with Crippen LogP contribution in [0.3, 0.4) is 0 Å². The fourth-order valence-electron chi connectivity index (χ4n) is 2.46. The molecule has 3 rings (SSSR count). The first-order valence-electron chi connectivity index (χ1n) is 8.70. The number of anilines is 4. The van der Waals surface area contributed by atoms with Crippen molar-refractivity contribution in [1.29, 1.82) is 0 Å². The second-order valence-electron chi connectivity index (χ2n) is 7.34. The first-order chi connectivity index (χ1) is 13.5. The highest BCUT2D eigenvalue weighted by Crippen LogP contribution is 2.30. The predicted octanol–water partition coefficient (Wildman–Crippen LogP) is 4.49. The van der Waals surface area contributed by atoms with Gasteiger partial charge in [0, 0.05) is 23.5 Å². The molecule has 0 atom stereocenters. The number of pyridine rings is 2. The van der Waals surface area contributed by atoms with Crippen molar-refractivity contribution in [3.63, 3.8) is 0 Å². The molecule has 0 amide bonds. The number of nitrogens with two attached hydrogens (primary N) is 1. The molecule has 4 N–H and O–H groups in total. The van der Waals surface area contributed by atoms with Crippen LogP contribution >= 0.6 is 0 Å². The first-order valence-corrected chi connectivity index (χ1v) is 8.70. The van der Waals surface area contributed by atoms with Crippen molar-refractivity contribution in [2.45, 2.75) is 32.5 Å². The van der Waals surface area contributed by atoms with Crippen molar-refractivity contribution in [1.82, 2.24) is 19.9 Å². The third-order valence-corrected chi connectivity index (χ3v) is 3.55. The van der Waals surface area contributed by atoms with Gasteiger partial charge in [-0.2, -0.15) is 13.2 Å². The van der Waals surface area contributed by atoms with Crippen molar-refractivity contribution in [2.75, 3.05) is 16.4 Å². The Morgan fingerprint density at radius 1 is 0.931 bits per heavy atom. The van der Waals surface area contributed by atoms with Crippen molar-refractivity contribution in [3.05, 3.63) is 48.3 Å². The number of nitrogens with one attached hydrogen (secondary N) is 2. The van der Waals surface area contributed by atoms with Gasteiger partial charge in [0.2, 0.25) is 0 Å². The van der Waals surface area contributed by atoms with Crippen molar-refractivity contribution < 1.29 is 13.2 Å². The molecule has 0 aromatic carbocycles. The van der Waals surface area contributed by atoms with E-state index in [0.717, 1.165) is 12.3 Å². The van der Waals surface area contributed by atoms with Crippen molar-refractivity contribution in [2.24, 2.45) is 0 Å². The lowest BCUT2D eigenvalue weighted by Crippen LogP contribution is -2.27. The summed E-state index contributed by atoms with van der Waals surface area (Å²) in [7, 11) is 0. The SMILES string of the molecule is CC(C)(C)Nc1cc(Nc2ccnc(C(F)(F)F)c2)nc(-c2cccc(N)n2)n1. The third kappa shape index (κ3) is 5.53. The molecule has 0 aliphatic rings. The molecule has 0 aliphatic heterocycles. The summed E-state index contributed by atoms with van der Waals surface area (Å²) in [6.07, 6.45) is -3.46. The van der Waals surface area contributed by atoms with Crippen LogP contribution in [-0.4, -0.2) is 25.5 Å². The van der Waals surface area contributed by atoms with Crippen LogP contribution in [0, 0.1) is 0 Å². The van der Waals surface area contributed by atoms with Crippen LogP contribution in [0.4, 0.5) is 36.3 Å². The van der Waals surface area contributed by atoms with E-state index in [1.165, 1.54) is 6.07 Å². The van der Waals surface area contributed by atoms with E-state index >= 15 is 0 Å². The Kier molecular flexibility index (Phi) is 5.27. The van der Waals surface area contributed by atoms with Crippen LogP contribution in [0.15, 0.2) is 42.6 Å². The summed E-state index contributed by atoms with van der Waals surface area (Å²) >= 11 is 0. The third-order valence-electron chi connectivity index (χ3n) is 3.55. The predicted molar refractivity (Wildman–Crippen MR) is 106 cm³/mol. The maximum absolute atomic E-state index is 12.9. The summed E-state index contributed by atoms with van der Waals surface area (Å²) in [5, 5.41) is 6.10. The number of halogens is 3. The van der Waals surface area contributed by atoms with Gasteiger partial charge in [-0.05, 0) is 45.0 Å². The summed E-state index contributed by atoms with van der Waals surface area (Å²) < 4.78 is 38.8. The van der Waals surface area contributed by atoms with Gasteiger partial charge in [0.15, 0.2) is 5.82 Å². The van der Waals surface area contributed by atoms with E-state index in [2.05, 4.69) is 30.6 Å². The van der Waals surface area contributed by atoms with Gasteiger partial charge in [-0.1, -0.05) is 6.07 Å². The van der Waals surface area contributed by atoms with Crippen LogP contribution in [0.5, 0.6) is 0 Å². The van der Waals surface area contributed by atoms with Gasteiger partial charge in [-0.25, -0.2) is 15.0 Å². The van der Waals surface area contributed by atoms with E-state index in [9.17, 15) is 13.2 Å². The van der Waals surface area contributed by atoms with Crippen LogP contribution < -0.4 is 16.4 Å². The Morgan fingerprint density at radius 2 is 1.66 bits per heavy atom. The lowest BCUT2D eigenvalue weighted by Gasteiger charge is -2.22. The van der Waals surface area contributed by atoms with Crippen molar-refractivity contribution in [3.8, 4) is 11.5 Å². The highest BCUT2D eigenvalue weighted by molar-refractivity contribution is 5.64. The van der Waals surface area contributed by atoms with Gasteiger partial charge in [0.1, 0.15) is 28.8 Å². The Labute approximate surface area is 165 Å². The quantitative estimate of drug-likeness (QED) is 0.590. The van der Waals surface area contributed by atoms with Crippen LogP contribution in [-0.2, 0) is 6.18 Å². The second kappa shape index (κ2) is 7.53. The minimum atomic E-state index is -4.54. The fraction of sp³-hybridized carbons (Fsp3) is 0.263. The van der Waals surface area contributed by atoms with Crippen molar-refractivity contribution >= 4 is 23.1 Å². The fourth-order valence-corrected chi connectivity index (χ4v) is 2.46. The van der Waals surface area contributed by atoms with E-state index in [-0.39, 0.29) is 17.1 Å². The van der Waals surface area contributed by atoms with Gasteiger partial charge in [0.05, 0.1) is 0 Å². The Morgan fingerprint density at radius 3 is 2.31 bits per heavy atom. The summed E-state index contributed by atoms with van der Waals surface area (Å²) in [6, 6.07) is 9.00. The number of hydrogen-bond acceptors (Lipinski definition) is 7. The molecular weight excluding hydrogens is 383 g/mol. The number of nitrogens with zero attached hydrogens (tertiary/aromatic N) is 4. The van der Waals surface area contributed by atoms with Crippen LogP contribution in [0.1, 0.15) is 26.5 Å². The molecule has 0 bridgehead atoms. The largest absolute Gasteiger partial charge is 0.433 e. The van der Waals surface area contributed by atoms with E-state index in [0.29, 0.717) is 23.1 Å². The highest BCUT2D eigenvalue weighted by Gasteiger charge is 2.32. The van der Waals surface area contributed by atoms with E-state index in [1.54, 1.807) is 24.3 Å².